The minimum Gasteiger partial charge on any atom is -0.327 e. The molecule has 2 N–H and O–H groups in total. The highest BCUT2D eigenvalue weighted by Crippen LogP contribution is 2.36. The molecule has 1 aliphatic heterocycles. The molecule has 4 atom stereocenters. The number of hydrogen-bond acceptors (Lipinski definition) is 2. The predicted octanol–water partition coefficient (Wildman–Crippen LogP) is 3.51. The van der Waals surface area contributed by atoms with Crippen LogP contribution in [0.25, 0.3) is 0 Å². The van der Waals surface area contributed by atoms with Crippen LogP contribution in [0, 0.1) is 23.2 Å². The predicted molar refractivity (Wildman–Crippen MR) is 83.1 cm³/mol. The van der Waals surface area contributed by atoms with Crippen molar-refractivity contribution in [1.29, 1.82) is 0 Å². The van der Waals surface area contributed by atoms with Crippen molar-refractivity contribution in [3.63, 3.8) is 0 Å². The lowest BCUT2D eigenvalue weighted by molar-refractivity contribution is 0.158. The zero-order valence-electron chi connectivity index (χ0n) is 13.5. The first-order valence-electron chi connectivity index (χ1n) is 8.38. The molecule has 2 fully saturated rings. The van der Waals surface area contributed by atoms with Crippen LogP contribution in [0.2, 0.25) is 0 Å². The third kappa shape index (κ3) is 3.95. The minimum atomic E-state index is 0.455. The first kappa shape index (κ1) is 15.3. The van der Waals surface area contributed by atoms with Crippen molar-refractivity contribution in [2.45, 2.75) is 65.8 Å². The van der Waals surface area contributed by atoms with E-state index in [2.05, 4.69) is 32.6 Å². The summed E-state index contributed by atoms with van der Waals surface area (Å²) in [7, 11) is 0. The average Bonchev–Trinajstić information content (AvgIpc) is 2.80. The van der Waals surface area contributed by atoms with Gasteiger partial charge in [0.1, 0.15) is 0 Å². The van der Waals surface area contributed by atoms with Crippen LogP contribution in [0.3, 0.4) is 0 Å². The normalized spacial score (nSPS) is 37.7. The molecule has 2 heteroatoms. The average molecular weight is 266 g/mol. The van der Waals surface area contributed by atoms with E-state index in [9.17, 15) is 0 Å². The van der Waals surface area contributed by atoms with Gasteiger partial charge in [-0.2, -0.15) is 0 Å². The van der Waals surface area contributed by atoms with E-state index in [1.165, 1.54) is 51.7 Å². The van der Waals surface area contributed by atoms with E-state index in [0.717, 1.165) is 17.8 Å². The van der Waals surface area contributed by atoms with Gasteiger partial charge >= 0.3 is 0 Å². The molecule has 2 aliphatic rings. The summed E-state index contributed by atoms with van der Waals surface area (Å²) in [6.45, 7) is 13.3. The van der Waals surface area contributed by atoms with Crippen molar-refractivity contribution >= 4 is 0 Å². The van der Waals surface area contributed by atoms with Gasteiger partial charge in [0.25, 0.3) is 0 Å². The van der Waals surface area contributed by atoms with Gasteiger partial charge in [0.05, 0.1) is 0 Å². The molecule has 0 radical (unpaired) electrons. The Labute approximate surface area is 120 Å². The molecule has 2 nitrogen and oxygen atoms in total. The molecular weight excluding hydrogens is 232 g/mol. The van der Waals surface area contributed by atoms with E-state index in [0.29, 0.717) is 11.5 Å². The molecule has 0 aromatic heterocycles. The van der Waals surface area contributed by atoms with E-state index in [1.54, 1.807) is 0 Å². The van der Waals surface area contributed by atoms with Crippen LogP contribution in [0.1, 0.15) is 59.8 Å². The largest absolute Gasteiger partial charge is 0.327 e. The highest BCUT2D eigenvalue weighted by atomic mass is 15.2. The van der Waals surface area contributed by atoms with Crippen molar-refractivity contribution in [3.8, 4) is 0 Å². The number of rotatable bonds is 3. The molecule has 4 unspecified atom stereocenters. The molecule has 1 heterocycles. The standard InChI is InChI=1S/C17H34N2/c1-5-13-6-7-16(18)14(10-13)11-19-9-8-15(12-19)17(2,3)4/h13-16H,5-12,18H2,1-4H3. The second-order valence-electron chi connectivity index (χ2n) is 8.12. The Balaban J connectivity index is 1.84. The van der Waals surface area contributed by atoms with Gasteiger partial charge < -0.3 is 10.6 Å². The summed E-state index contributed by atoms with van der Waals surface area (Å²) >= 11 is 0. The fourth-order valence-corrected chi connectivity index (χ4v) is 4.00. The summed E-state index contributed by atoms with van der Waals surface area (Å²) in [5.74, 6) is 2.55. The summed E-state index contributed by atoms with van der Waals surface area (Å²) < 4.78 is 0. The van der Waals surface area contributed by atoms with E-state index in [1.807, 2.05) is 0 Å². The Morgan fingerprint density at radius 2 is 1.89 bits per heavy atom. The van der Waals surface area contributed by atoms with Crippen LogP contribution in [0.15, 0.2) is 0 Å². The monoisotopic (exact) mass is 266 g/mol. The van der Waals surface area contributed by atoms with Crippen molar-refractivity contribution in [1.82, 2.24) is 4.90 Å². The van der Waals surface area contributed by atoms with E-state index < -0.39 is 0 Å². The first-order valence-corrected chi connectivity index (χ1v) is 8.38. The van der Waals surface area contributed by atoms with Gasteiger partial charge in [0.2, 0.25) is 0 Å². The fraction of sp³-hybridized carbons (Fsp3) is 1.00. The maximum atomic E-state index is 6.37. The molecule has 0 amide bonds. The molecule has 0 aromatic rings. The third-order valence-electron chi connectivity index (χ3n) is 5.72. The zero-order valence-corrected chi connectivity index (χ0v) is 13.5. The number of likely N-dealkylation sites (tertiary alicyclic amines) is 1. The van der Waals surface area contributed by atoms with Crippen LogP contribution in [-0.2, 0) is 0 Å². The summed E-state index contributed by atoms with van der Waals surface area (Å²) in [4.78, 5) is 2.69. The molecule has 0 spiro atoms. The fourth-order valence-electron chi connectivity index (χ4n) is 4.00. The van der Waals surface area contributed by atoms with Gasteiger partial charge in [-0.1, -0.05) is 34.1 Å². The van der Waals surface area contributed by atoms with Crippen molar-refractivity contribution < 1.29 is 0 Å². The minimum absolute atomic E-state index is 0.455. The lowest BCUT2D eigenvalue weighted by Gasteiger charge is -2.36. The molecule has 0 aromatic carbocycles. The first-order chi connectivity index (χ1) is 8.90. The molecule has 1 aliphatic carbocycles. The summed E-state index contributed by atoms with van der Waals surface area (Å²) in [6.07, 6.45) is 6.70. The van der Waals surface area contributed by atoms with Crippen LogP contribution in [0.4, 0.5) is 0 Å². The van der Waals surface area contributed by atoms with Crippen molar-refractivity contribution in [2.75, 3.05) is 19.6 Å². The molecule has 19 heavy (non-hydrogen) atoms. The van der Waals surface area contributed by atoms with Crippen LogP contribution < -0.4 is 5.73 Å². The number of nitrogens with zero attached hydrogens (tertiary/aromatic N) is 1. The molecule has 1 saturated carbocycles. The molecule has 1 saturated heterocycles. The Hall–Kier alpha value is -0.0800. The lowest BCUT2D eigenvalue weighted by Crippen LogP contribution is -2.42. The van der Waals surface area contributed by atoms with Crippen LogP contribution in [-0.4, -0.2) is 30.6 Å². The molecule has 2 rings (SSSR count). The number of nitrogens with two attached hydrogens (primary N) is 1. The molecular formula is C17H34N2. The maximum Gasteiger partial charge on any atom is 0.00795 e. The zero-order chi connectivity index (χ0) is 14.0. The Morgan fingerprint density at radius 3 is 2.47 bits per heavy atom. The smallest absolute Gasteiger partial charge is 0.00795 e. The van der Waals surface area contributed by atoms with Crippen molar-refractivity contribution in [3.05, 3.63) is 0 Å². The van der Waals surface area contributed by atoms with Gasteiger partial charge in [0.15, 0.2) is 0 Å². The van der Waals surface area contributed by atoms with Gasteiger partial charge in [-0.3, -0.25) is 0 Å². The highest BCUT2D eigenvalue weighted by molar-refractivity contribution is 4.88. The topological polar surface area (TPSA) is 29.3 Å². The Kier molecular flexibility index (Phi) is 4.94. The van der Waals surface area contributed by atoms with Crippen molar-refractivity contribution in [2.24, 2.45) is 28.9 Å². The lowest BCUT2D eigenvalue weighted by atomic mass is 9.77. The Morgan fingerprint density at radius 1 is 1.16 bits per heavy atom. The number of hydrogen-bond donors (Lipinski definition) is 1. The quantitative estimate of drug-likeness (QED) is 0.847. The second-order valence-corrected chi connectivity index (χ2v) is 8.12. The van der Waals surface area contributed by atoms with Gasteiger partial charge in [-0.15, -0.1) is 0 Å². The highest BCUT2D eigenvalue weighted by Gasteiger charge is 2.34. The third-order valence-corrected chi connectivity index (χ3v) is 5.72. The SMILES string of the molecule is CCC1CCC(N)C(CN2CCC(C(C)(C)C)C2)C1. The van der Waals surface area contributed by atoms with Gasteiger partial charge in [-0.25, -0.2) is 0 Å². The molecule has 112 valence electrons. The summed E-state index contributed by atoms with van der Waals surface area (Å²) in [5, 5.41) is 0. The second kappa shape index (κ2) is 6.13. The van der Waals surface area contributed by atoms with Crippen LogP contribution >= 0.6 is 0 Å². The van der Waals surface area contributed by atoms with E-state index >= 15 is 0 Å². The van der Waals surface area contributed by atoms with E-state index in [-0.39, 0.29) is 0 Å². The maximum absolute atomic E-state index is 6.37. The van der Waals surface area contributed by atoms with Gasteiger partial charge in [0, 0.05) is 19.1 Å². The Bertz CT molecular complexity index is 281. The molecule has 0 bridgehead atoms. The van der Waals surface area contributed by atoms with E-state index in [4.69, 9.17) is 5.73 Å². The van der Waals surface area contributed by atoms with Gasteiger partial charge in [-0.05, 0) is 55.4 Å². The summed E-state index contributed by atoms with van der Waals surface area (Å²) in [5.41, 5.74) is 6.84. The summed E-state index contributed by atoms with van der Waals surface area (Å²) in [6, 6.07) is 0.455. The van der Waals surface area contributed by atoms with Crippen LogP contribution in [0.5, 0.6) is 0 Å².